The lowest BCUT2D eigenvalue weighted by Crippen LogP contribution is -2.34. The van der Waals surface area contributed by atoms with Gasteiger partial charge in [-0.05, 0) is 60.1 Å². The summed E-state index contributed by atoms with van der Waals surface area (Å²) in [4.78, 5) is 11.9. The molecule has 1 aliphatic rings. The Balaban J connectivity index is 0.00000162. The highest BCUT2D eigenvalue weighted by Crippen LogP contribution is 2.21. The Labute approximate surface area is 120 Å². The van der Waals surface area contributed by atoms with E-state index in [-0.39, 0.29) is 30.0 Å². The van der Waals surface area contributed by atoms with Crippen LogP contribution in [0.2, 0.25) is 0 Å². The second-order valence-corrected chi connectivity index (χ2v) is 5.00. The summed E-state index contributed by atoms with van der Waals surface area (Å²) >= 11 is 3.10. The lowest BCUT2D eigenvalue weighted by Gasteiger charge is -2.21. The van der Waals surface area contributed by atoms with Crippen molar-refractivity contribution in [3.8, 4) is 0 Å². The fraction of sp³-hybridized carbons (Fsp3) is 0.417. The molecular formula is C12H15BrClFN2O. The largest absolute Gasteiger partial charge is 0.326 e. The quantitative estimate of drug-likeness (QED) is 0.871. The Kier molecular flexibility index (Phi) is 6.05. The maximum absolute atomic E-state index is 13.0. The minimum atomic E-state index is -0.329. The minimum absolute atomic E-state index is 0. The fourth-order valence-corrected chi connectivity index (χ4v) is 2.28. The molecule has 6 heteroatoms. The van der Waals surface area contributed by atoms with Gasteiger partial charge in [-0.3, -0.25) is 4.79 Å². The molecule has 1 aromatic rings. The van der Waals surface area contributed by atoms with Crippen molar-refractivity contribution in [2.24, 2.45) is 5.92 Å². The molecular weight excluding hydrogens is 323 g/mol. The molecule has 0 spiro atoms. The van der Waals surface area contributed by atoms with E-state index in [9.17, 15) is 9.18 Å². The zero-order valence-electron chi connectivity index (χ0n) is 9.71. The van der Waals surface area contributed by atoms with Crippen LogP contribution in [0.25, 0.3) is 0 Å². The Bertz CT molecular complexity index is 425. The number of benzene rings is 1. The molecule has 2 N–H and O–H groups in total. The summed E-state index contributed by atoms with van der Waals surface area (Å²) in [6.45, 7) is 1.76. The Morgan fingerprint density at radius 2 is 2.06 bits per heavy atom. The number of rotatable bonds is 2. The smallest absolute Gasteiger partial charge is 0.227 e. The van der Waals surface area contributed by atoms with E-state index in [1.165, 1.54) is 6.07 Å². The van der Waals surface area contributed by atoms with E-state index < -0.39 is 0 Å². The molecule has 1 aliphatic heterocycles. The fourth-order valence-electron chi connectivity index (χ4n) is 1.90. The Morgan fingerprint density at radius 3 is 2.67 bits per heavy atom. The molecule has 0 aromatic heterocycles. The van der Waals surface area contributed by atoms with Crippen molar-refractivity contribution in [3.63, 3.8) is 0 Å². The van der Waals surface area contributed by atoms with Gasteiger partial charge in [0.1, 0.15) is 5.82 Å². The molecule has 2 rings (SSSR count). The zero-order chi connectivity index (χ0) is 12.3. The highest BCUT2D eigenvalue weighted by Gasteiger charge is 2.20. The SMILES string of the molecule is Cl.O=C(Nc1ccc(F)c(Br)c1)C1CCNCC1. The normalized spacial score (nSPS) is 15.9. The Morgan fingerprint density at radius 1 is 1.39 bits per heavy atom. The Hall–Kier alpha value is -0.650. The van der Waals surface area contributed by atoms with Crippen LogP contribution in [0.4, 0.5) is 10.1 Å². The van der Waals surface area contributed by atoms with Crippen LogP contribution >= 0.6 is 28.3 Å². The summed E-state index contributed by atoms with van der Waals surface area (Å²) in [5.74, 6) is -0.255. The van der Waals surface area contributed by atoms with Crippen molar-refractivity contribution < 1.29 is 9.18 Å². The van der Waals surface area contributed by atoms with Crippen molar-refractivity contribution in [2.45, 2.75) is 12.8 Å². The van der Waals surface area contributed by atoms with Crippen molar-refractivity contribution in [1.82, 2.24) is 5.32 Å². The van der Waals surface area contributed by atoms with Gasteiger partial charge in [-0.2, -0.15) is 0 Å². The van der Waals surface area contributed by atoms with Crippen LogP contribution < -0.4 is 10.6 Å². The number of carbonyl (C=O) groups is 1. The molecule has 18 heavy (non-hydrogen) atoms. The van der Waals surface area contributed by atoms with Crippen LogP contribution in [-0.2, 0) is 4.79 Å². The molecule has 0 aliphatic carbocycles. The number of nitrogens with one attached hydrogen (secondary N) is 2. The minimum Gasteiger partial charge on any atom is -0.326 e. The van der Waals surface area contributed by atoms with E-state index in [1.807, 2.05) is 0 Å². The molecule has 0 radical (unpaired) electrons. The molecule has 1 amide bonds. The van der Waals surface area contributed by atoms with Crippen LogP contribution in [0.5, 0.6) is 0 Å². The third-order valence-corrected chi connectivity index (χ3v) is 3.50. The van der Waals surface area contributed by atoms with Gasteiger partial charge in [0.15, 0.2) is 0 Å². The van der Waals surface area contributed by atoms with Gasteiger partial charge in [0, 0.05) is 11.6 Å². The summed E-state index contributed by atoms with van der Waals surface area (Å²) in [6, 6.07) is 4.48. The number of piperidine rings is 1. The van der Waals surface area contributed by atoms with Crippen LogP contribution in [0.3, 0.4) is 0 Å². The standard InChI is InChI=1S/C12H14BrFN2O.ClH/c13-10-7-9(1-2-11(10)14)16-12(17)8-3-5-15-6-4-8;/h1-2,7-8,15H,3-6H2,(H,16,17);1H. The molecule has 1 heterocycles. The molecule has 0 bridgehead atoms. The van der Waals surface area contributed by atoms with Crippen molar-refractivity contribution >= 4 is 39.9 Å². The lowest BCUT2D eigenvalue weighted by atomic mass is 9.97. The number of anilines is 1. The lowest BCUT2D eigenvalue weighted by molar-refractivity contribution is -0.120. The molecule has 3 nitrogen and oxygen atoms in total. The number of halogens is 3. The molecule has 100 valence electrons. The van der Waals surface area contributed by atoms with Gasteiger partial charge >= 0.3 is 0 Å². The number of hydrogen-bond acceptors (Lipinski definition) is 2. The monoisotopic (exact) mass is 336 g/mol. The van der Waals surface area contributed by atoms with Gasteiger partial charge in [-0.25, -0.2) is 4.39 Å². The molecule has 0 atom stereocenters. The number of amides is 1. The molecule has 0 saturated carbocycles. The van der Waals surface area contributed by atoms with Gasteiger partial charge in [-0.1, -0.05) is 0 Å². The molecule has 0 unspecified atom stereocenters. The van der Waals surface area contributed by atoms with Gasteiger partial charge in [0.2, 0.25) is 5.91 Å². The third kappa shape index (κ3) is 3.93. The molecule has 1 fully saturated rings. The summed E-state index contributed by atoms with van der Waals surface area (Å²) in [6.07, 6.45) is 1.71. The van der Waals surface area contributed by atoms with E-state index >= 15 is 0 Å². The second-order valence-electron chi connectivity index (χ2n) is 4.14. The highest BCUT2D eigenvalue weighted by molar-refractivity contribution is 9.10. The number of carbonyl (C=O) groups excluding carboxylic acids is 1. The van der Waals surface area contributed by atoms with Crippen LogP contribution in [0.15, 0.2) is 22.7 Å². The van der Waals surface area contributed by atoms with Crippen LogP contribution in [0, 0.1) is 11.7 Å². The highest BCUT2D eigenvalue weighted by atomic mass is 79.9. The second kappa shape index (κ2) is 7.07. The van der Waals surface area contributed by atoms with E-state index in [0.717, 1.165) is 25.9 Å². The molecule has 1 aromatic carbocycles. The number of hydrogen-bond donors (Lipinski definition) is 2. The van der Waals surface area contributed by atoms with Crippen LogP contribution in [0.1, 0.15) is 12.8 Å². The summed E-state index contributed by atoms with van der Waals surface area (Å²) < 4.78 is 13.4. The summed E-state index contributed by atoms with van der Waals surface area (Å²) in [5.41, 5.74) is 0.627. The first-order chi connectivity index (χ1) is 8.16. The third-order valence-electron chi connectivity index (χ3n) is 2.90. The van der Waals surface area contributed by atoms with E-state index in [1.54, 1.807) is 12.1 Å². The van der Waals surface area contributed by atoms with E-state index in [4.69, 9.17) is 0 Å². The molecule has 1 saturated heterocycles. The van der Waals surface area contributed by atoms with E-state index in [0.29, 0.717) is 10.2 Å². The predicted molar refractivity (Wildman–Crippen MR) is 75.6 cm³/mol. The maximum atomic E-state index is 13.0. The van der Waals surface area contributed by atoms with Crippen molar-refractivity contribution in [3.05, 3.63) is 28.5 Å². The van der Waals surface area contributed by atoms with Crippen molar-refractivity contribution in [2.75, 3.05) is 18.4 Å². The first-order valence-corrected chi connectivity index (χ1v) is 6.43. The summed E-state index contributed by atoms with van der Waals surface area (Å²) in [5, 5.41) is 6.03. The average Bonchev–Trinajstić information content (AvgIpc) is 2.35. The predicted octanol–water partition coefficient (Wildman–Crippen LogP) is 2.95. The van der Waals surface area contributed by atoms with Crippen LogP contribution in [-0.4, -0.2) is 19.0 Å². The van der Waals surface area contributed by atoms with Gasteiger partial charge in [0.25, 0.3) is 0 Å². The topological polar surface area (TPSA) is 41.1 Å². The first kappa shape index (κ1) is 15.4. The first-order valence-electron chi connectivity index (χ1n) is 5.63. The summed E-state index contributed by atoms with van der Waals surface area (Å²) in [7, 11) is 0. The zero-order valence-corrected chi connectivity index (χ0v) is 12.1. The van der Waals surface area contributed by atoms with Gasteiger partial charge < -0.3 is 10.6 Å². The van der Waals surface area contributed by atoms with Gasteiger partial charge in [-0.15, -0.1) is 12.4 Å². The van der Waals surface area contributed by atoms with Gasteiger partial charge in [0.05, 0.1) is 4.47 Å². The van der Waals surface area contributed by atoms with Crippen molar-refractivity contribution in [1.29, 1.82) is 0 Å². The maximum Gasteiger partial charge on any atom is 0.227 e. The average molecular weight is 338 g/mol. The van der Waals surface area contributed by atoms with E-state index in [2.05, 4.69) is 26.6 Å².